The van der Waals surface area contributed by atoms with Gasteiger partial charge >= 0.3 is 0 Å². The lowest BCUT2D eigenvalue weighted by Gasteiger charge is -2.12. The number of nitrogens with zero attached hydrogens (tertiary/aromatic N) is 2. The molecular weight excluding hydrogens is 254 g/mol. The van der Waals surface area contributed by atoms with Crippen molar-refractivity contribution in [3.8, 4) is 0 Å². The van der Waals surface area contributed by atoms with Gasteiger partial charge < -0.3 is 4.90 Å². The molecule has 1 aromatic rings. The van der Waals surface area contributed by atoms with E-state index in [2.05, 4.69) is 9.71 Å². The van der Waals surface area contributed by atoms with Gasteiger partial charge in [0.15, 0.2) is 5.03 Å². The Morgan fingerprint density at radius 2 is 2.06 bits per heavy atom. The van der Waals surface area contributed by atoms with Gasteiger partial charge in [0.05, 0.1) is 0 Å². The monoisotopic (exact) mass is 269 g/mol. The number of sulfonamides is 1. The van der Waals surface area contributed by atoms with Crippen molar-refractivity contribution in [2.24, 2.45) is 5.92 Å². The molecule has 0 bridgehead atoms. The number of pyridine rings is 1. The van der Waals surface area contributed by atoms with Gasteiger partial charge in [0.1, 0.15) is 5.82 Å². The van der Waals surface area contributed by atoms with Crippen molar-refractivity contribution in [1.29, 1.82) is 0 Å². The molecule has 1 aliphatic rings. The maximum atomic E-state index is 11.9. The van der Waals surface area contributed by atoms with Crippen LogP contribution in [0.4, 0.5) is 5.82 Å². The smallest absolute Gasteiger partial charge is 0.281 e. The molecule has 2 rings (SSSR count). The summed E-state index contributed by atoms with van der Waals surface area (Å²) in [5.74, 6) is -0.0689. The molecule has 0 aliphatic heterocycles. The van der Waals surface area contributed by atoms with Crippen LogP contribution in [0.5, 0.6) is 0 Å². The fourth-order valence-electron chi connectivity index (χ4n) is 1.42. The van der Waals surface area contributed by atoms with E-state index in [0.29, 0.717) is 5.82 Å². The molecule has 0 saturated heterocycles. The molecule has 6 nitrogen and oxygen atoms in total. The molecule has 1 amide bonds. The number of amides is 1. The Morgan fingerprint density at radius 3 is 2.61 bits per heavy atom. The van der Waals surface area contributed by atoms with Crippen molar-refractivity contribution < 1.29 is 13.2 Å². The van der Waals surface area contributed by atoms with Gasteiger partial charge in [0, 0.05) is 20.0 Å². The van der Waals surface area contributed by atoms with Gasteiger partial charge in [-0.25, -0.2) is 9.71 Å². The van der Waals surface area contributed by atoms with Gasteiger partial charge in [-0.1, -0.05) is 6.07 Å². The standard InChI is InChI=1S/C11H15N3O3S/c1-14(2)9-4-3-5-10(12-9)18(16,17)13-11(15)8-6-7-8/h3-5,8H,6-7H2,1-2H3,(H,13,15). The van der Waals surface area contributed by atoms with E-state index >= 15 is 0 Å². The van der Waals surface area contributed by atoms with E-state index in [1.165, 1.54) is 6.07 Å². The van der Waals surface area contributed by atoms with E-state index in [1.54, 1.807) is 31.1 Å². The molecule has 0 spiro atoms. The first-order chi connectivity index (χ1) is 8.40. The molecule has 0 aromatic carbocycles. The summed E-state index contributed by atoms with van der Waals surface area (Å²) in [6, 6.07) is 4.66. The number of anilines is 1. The summed E-state index contributed by atoms with van der Waals surface area (Å²) in [5.41, 5.74) is 0. The van der Waals surface area contributed by atoms with Gasteiger partial charge in [-0.05, 0) is 25.0 Å². The van der Waals surface area contributed by atoms with Crippen molar-refractivity contribution in [3.63, 3.8) is 0 Å². The minimum absolute atomic E-state index is 0.136. The zero-order valence-electron chi connectivity index (χ0n) is 10.3. The number of aromatic nitrogens is 1. The first-order valence-corrected chi connectivity index (χ1v) is 7.09. The average molecular weight is 269 g/mol. The second kappa shape index (κ2) is 4.56. The summed E-state index contributed by atoms with van der Waals surface area (Å²) in [6.45, 7) is 0. The quantitative estimate of drug-likeness (QED) is 0.854. The summed E-state index contributed by atoms with van der Waals surface area (Å²) in [6.07, 6.45) is 1.51. The van der Waals surface area contributed by atoms with Gasteiger partial charge in [-0.3, -0.25) is 4.79 Å². The molecular formula is C11H15N3O3S. The van der Waals surface area contributed by atoms with E-state index in [-0.39, 0.29) is 10.9 Å². The number of rotatable bonds is 4. The second-order valence-electron chi connectivity index (χ2n) is 4.47. The van der Waals surface area contributed by atoms with Crippen LogP contribution in [0.3, 0.4) is 0 Å². The Morgan fingerprint density at radius 1 is 1.39 bits per heavy atom. The normalized spacial score (nSPS) is 15.2. The Kier molecular flexibility index (Phi) is 3.25. The summed E-state index contributed by atoms with van der Waals surface area (Å²) in [5, 5.41) is -0.136. The summed E-state index contributed by atoms with van der Waals surface area (Å²) < 4.78 is 25.9. The molecule has 1 aromatic heterocycles. The molecule has 1 saturated carbocycles. The molecule has 0 unspecified atom stereocenters. The highest BCUT2D eigenvalue weighted by atomic mass is 32.2. The highest BCUT2D eigenvalue weighted by molar-refractivity contribution is 7.90. The fraction of sp³-hybridized carbons (Fsp3) is 0.455. The van der Waals surface area contributed by atoms with Crippen LogP contribution in [0.1, 0.15) is 12.8 Å². The number of nitrogens with one attached hydrogen (secondary N) is 1. The molecule has 0 atom stereocenters. The predicted molar refractivity (Wildman–Crippen MR) is 66.6 cm³/mol. The van der Waals surface area contributed by atoms with Gasteiger partial charge in [0.2, 0.25) is 5.91 Å². The van der Waals surface area contributed by atoms with Crippen LogP contribution >= 0.6 is 0 Å². The number of carbonyl (C=O) groups is 1. The first-order valence-electron chi connectivity index (χ1n) is 5.61. The van der Waals surface area contributed by atoms with Crippen LogP contribution in [0.25, 0.3) is 0 Å². The Balaban J connectivity index is 2.23. The van der Waals surface area contributed by atoms with Gasteiger partial charge in [-0.15, -0.1) is 0 Å². The zero-order valence-corrected chi connectivity index (χ0v) is 11.1. The van der Waals surface area contributed by atoms with Crippen LogP contribution in [0.2, 0.25) is 0 Å². The van der Waals surface area contributed by atoms with Crippen LogP contribution in [-0.2, 0) is 14.8 Å². The molecule has 0 radical (unpaired) electrons. The SMILES string of the molecule is CN(C)c1cccc(S(=O)(=O)NC(=O)C2CC2)n1. The highest BCUT2D eigenvalue weighted by Crippen LogP contribution is 2.29. The van der Waals surface area contributed by atoms with Crippen LogP contribution in [0.15, 0.2) is 23.2 Å². The molecule has 1 N–H and O–H groups in total. The predicted octanol–water partition coefficient (Wildman–Crippen LogP) is 0.362. The average Bonchev–Trinajstić information content (AvgIpc) is 3.12. The van der Waals surface area contributed by atoms with Crippen molar-refractivity contribution >= 4 is 21.7 Å². The lowest BCUT2D eigenvalue weighted by Crippen LogP contribution is -2.32. The summed E-state index contributed by atoms with van der Waals surface area (Å²) in [7, 11) is -0.327. The zero-order chi connectivity index (χ0) is 13.3. The second-order valence-corrected chi connectivity index (χ2v) is 6.10. The van der Waals surface area contributed by atoms with Crippen LogP contribution in [-0.4, -0.2) is 33.4 Å². The largest absolute Gasteiger partial charge is 0.363 e. The molecule has 7 heteroatoms. The Hall–Kier alpha value is -1.63. The molecule has 1 aliphatic carbocycles. The van der Waals surface area contributed by atoms with E-state index in [9.17, 15) is 13.2 Å². The minimum atomic E-state index is -3.86. The maximum Gasteiger partial charge on any atom is 0.281 e. The lowest BCUT2D eigenvalue weighted by molar-refractivity contribution is -0.120. The van der Waals surface area contributed by atoms with Crippen molar-refractivity contribution in [3.05, 3.63) is 18.2 Å². The minimum Gasteiger partial charge on any atom is -0.363 e. The summed E-state index contributed by atoms with van der Waals surface area (Å²) >= 11 is 0. The fourth-order valence-corrected chi connectivity index (χ4v) is 2.42. The van der Waals surface area contributed by atoms with Crippen molar-refractivity contribution in [2.45, 2.75) is 17.9 Å². The molecule has 18 heavy (non-hydrogen) atoms. The summed E-state index contributed by atoms with van der Waals surface area (Å²) in [4.78, 5) is 17.2. The van der Waals surface area contributed by atoms with Gasteiger partial charge in [-0.2, -0.15) is 8.42 Å². The number of carbonyl (C=O) groups excluding carboxylic acids is 1. The Labute approximate surface area is 106 Å². The van der Waals surface area contributed by atoms with Crippen LogP contribution < -0.4 is 9.62 Å². The third-order valence-electron chi connectivity index (χ3n) is 2.63. The maximum absolute atomic E-state index is 11.9. The van der Waals surface area contributed by atoms with Crippen LogP contribution in [0, 0.1) is 5.92 Å². The Bertz CT molecular complexity index is 565. The third kappa shape index (κ3) is 2.79. The first kappa shape index (κ1) is 12.8. The molecule has 1 heterocycles. The topological polar surface area (TPSA) is 79.4 Å². The number of hydrogen-bond donors (Lipinski definition) is 1. The molecule has 1 fully saturated rings. The highest BCUT2D eigenvalue weighted by Gasteiger charge is 2.33. The van der Waals surface area contributed by atoms with Crippen molar-refractivity contribution in [1.82, 2.24) is 9.71 Å². The third-order valence-corrected chi connectivity index (χ3v) is 3.87. The van der Waals surface area contributed by atoms with E-state index in [4.69, 9.17) is 0 Å². The van der Waals surface area contributed by atoms with Gasteiger partial charge in [0.25, 0.3) is 10.0 Å². The van der Waals surface area contributed by atoms with E-state index in [1.807, 2.05) is 0 Å². The van der Waals surface area contributed by atoms with E-state index in [0.717, 1.165) is 12.8 Å². The number of hydrogen-bond acceptors (Lipinski definition) is 5. The lowest BCUT2D eigenvalue weighted by atomic mass is 10.4. The van der Waals surface area contributed by atoms with E-state index < -0.39 is 15.9 Å². The van der Waals surface area contributed by atoms with Crippen molar-refractivity contribution in [2.75, 3.05) is 19.0 Å². The molecule has 98 valence electrons.